The van der Waals surface area contributed by atoms with E-state index < -0.39 is 5.91 Å². The predicted molar refractivity (Wildman–Crippen MR) is 102 cm³/mol. The van der Waals surface area contributed by atoms with E-state index in [2.05, 4.69) is 20.5 Å². The SMILES string of the molecule is NC(=O)c1nnc(N2CCC(N)CC2)nc1NCc1ccc(Cl)cc1Cl. The van der Waals surface area contributed by atoms with Crippen LogP contribution in [0, 0.1) is 0 Å². The summed E-state index contributed by atoms with van der Waals surface area (Å²) >= 11 is 12.1. The van der Waals surface area contributed by atoms with Crippen molar-refractivity contribution in [2.75, 3.05) is 23.3 Å². The fourth-order valence-corrected chi connectivity index (χ4v) is 3.16. The van der Waals surface area contributed by atoms with Crippen LogP contribution in [0.4, 0.5) is 11.8 Å². The van der Waals surface area contributed by atoms with E-state index >= 15 is 0 Å². The number of hydrogen-bond acceptors (Lipinski definition) is 7. The van der Waals surface area contributed by atoms with E-state index in [9.17, 15) is 4.79 Å². The molecule has 3 rings (SSSR count). The highest BCUT2D eigenvalue weighted by atomic mass is 35.5. The second-order valence-corrected chi connectivity index (χ2v) is 6.93. The van der Waals surface area contributed by atoms with Gasteiger partial charge >= 0.3 is 0 Å². The summed E-state index contributed by atoms with van der Waals surface area (Å²) in [6.45, 7) is 1.81. The van der Waals surface area contributed by atoms with Crippen LogP contribution in [0.25, 0.3) is 0 Å². The molecule has 0 spiro atoms. The van der Waals surface area contributed by atoms with Gasteiger partial charge in [0.1, 0.15) is 0 Å². The van der Waals surface area contributed by atoms with Gasteiger partial charge in [-0.2, -0.15) is 4.98 Å². The lowest BCUT2D eigenvalue weighted by atomic mass is 10.1. The van der Waals surface area contributed by atoms with Crippen molar-refractivity contribution in [3.63, 3.8) is 0 Å². The summed E-state index contributed by atoms with van der Waals surface area (Å²) in [4.78, 5) is 18.1. The van der Waals surface area contributed by atoms with E-state index in [4.69, 9.17) is 34.7 Å². The highest BCUT2D eigenvalue weighted by Gasteiger charge is 2.21. The fourth-order valence-electron chi connectivity index (χ4n) is 2.68. The highest BCUT2D eigenvalue weighted by Crippen LogP contribution is 2.23. The van der Waals surface area contributed by atoms with Crippen LogP contribution in [-0.4, -0.2) is 40.2 Å². The molecule has 0 saturated carbocycles. The van der Waals surface area contributed by atoms with Gasteiger partial charge in [0.05, 0.1) is 0 Å². The minimum atomic E-state index is -0.707. The summed E-state index contributed by atoms with van der Waals surface area (Å²) in [6.07, 6.45) is 1.70. The number of carbonyl (C=O) groups is 1. The molecule has 0 atom stereocenters. The van der Waals surface area contributed by atoms with Crippen molar-refractivity contribution in [3.8, 4) is 0 Å². The summed E-state index contributed by atoms with van der Waals surface area (Å²) in [5.74, 6) is -0.00286. The Labute approximate surface area is 160 Å². The Balaban J connectivity index is 1.81. The van der Waals surface area contributed by atoms with Gasteiger partial charge in [-0.1, -0.05) is 29.3 Å². The van der Waals surface area contributed by atoms with Crippen LogP contribution in [-0.2, 0) is 6.54 Å². The Morgan fingerprint density at radius 3 is 2.65 bits per heavy atom. The number of amides is 1. The summed E-state index contributed by atoms with van der Waals surface area (Å²) in [5.41, 5.74) is 12.1. The Bertz CT molecular complexity index is 809. The van der Waals surface area contributed by atoms with Crippen molar-refractivity contribution in [2.45, 2.75) is 25.4 Å². The van der Waals surface area contributed by atoms with E-state index in [1.165, 1.54) is 0 Å². The lowest BCUT2D eigenvalue weighted by Gasteiger charge is -2.30. The van der Waals surface area contributed by atoms with Gasteiger partial charge < -0.3 is 21.7 Å². The van der Waals surface area contributed by atoms with Crippen molar-refractivity contribution in [3.05, 3.63) is 39.5 Å². The standard InChI is InChI=1S/C16H19Cl2N7O/c17-10-2-1-9(12(18)7-10)8-21-15-13(14(20)26)23-24-16(22-15)25-5-3-11(19)4-6-25/h1-2,7,11H,3-6,8,19H2,(H2,20,26)(H,21,22,24). The Morgan fingerprint density at radius 2 is 2.00 bits per heavy atom. The molecule has 2 heterocycles. The molecule has 0 aliphatic carbocycles. The number of aromatic nitrogens is 3. The van der Waals surface area contributed by atoms with Gasteiger partial charge in [0, 0.05) is 35.7 Å². The minimum Gasteiger partial charge on any atom is -0.364 e. The molecule has 0 bridgehead atoms. The number of piperidine rings is 1. The topological polar surface area (TPSA) is 123 Å². The third-order valence-corrected chi connectivity index (χ3v) is 4.78. The van der Waals surface area contributed by atoms with Gasteiger partial charge in [-0.25, -0.2) is 0 Å². The number of benzene rings is 1. The Hall–Kier alpha value is -2.16. The molecule has 1 fully saturated rings. The van der Waals surface area contributed by atoms with Crippen LogP contribution in [0.3, 0.4) is 0 Å². The summed E-state index contributed by atoms with van der Waals surface area (Å²) in [6, 6.07) is 5.37. The number of nitrogens with two attached hydrogens (primary N) is 2. The lowest BCUT2D eigenvalue weighted by Crippen LogP contribution is -2.40. The van der Waals surface area contributed by atoms with E-state index in [0.29, 0.717) is 22.5 Å². The predicted octanol–water partition coefficient (Wildman–Crippen LogP) is 1.82. The van der Waals surface area contributed by atoms with E-state index in [1.54, 1.807) is 18.2 Å². The highest BCUT2D eigenvalue weighted by molar-refractivity contribution is 6.35. The zero-order valence-electron chi connectivity index (χ0n) is 14.0. The number of anilines is 2. The largest absolute Gasteiger partial charge is 0.364 e. The molecule has 1 aliphatic rings. The minimum absolute atomic E-state index is 0.0208. The van der Waals surface area contributed by atoms with Crippen molar-refractivity contribution >= 4 is 40.9 Å². The smallest absolute Gasteiger partial charge is 0.273 e. The first-order chi connectivity index (χ1) is 12.4. The molecule has 1 amide bonds. The number of nitrogens with zero attached hydrogens (tertiary/aromatic N) is 4. The average Bonchev–Trinajstić information content (AvgIpc) is 2.61. The van der Waals surface area contributed by atoms with Gasteiger partial charge in [0.2, 0.25) is 5.95 Å². The number of nitrogens with one attached hydrogen (secondary N) is 1. The maximum absolute atomic E-state index is 11.6. The second kappa shape index (κ2) is 8.03. The zero-order valence-corrected chi connectivity index (χ0v) is 15.5. The van der Waals surface area contributed by atoms with Gasteiger partial charge in [0.15, 0.2) is 11.5 Å². The summed E-state index contributed by atoms with van der Waals surface area (Å²) in [5, 5.41) is 12.1. The normalized spacial score (nSPS) is 15.1. The first kappa shape index (κ1) is 18.6. The van der Waals surface area contributed by atoms with Crippen molar-refractivity contribution in [1.82, 2.24) is 15.2 Å². The fraction of sp³-hybridized carbons (Fsp3) is 0.375. The number of halogens is 2. The first-order valence-corrected chi connectivity index (χ1v) is 8.92. The van der Waals surface area contributed by atoms with Crippen molar-refractivity contribution in [2.24, 2.45) is 11.5 Å². The van der Waals surface area contributed by atoms with E-state index in [1.807, 2.05) is 4.90 Å². The van der Waals surface area contributed by atoms with Crippen LogP contribution < -0.4 is 21.7 Å². The molecule has 1 saturated heterocycles. The molecule has 8 nitrogen and oxygen atoms in total. The van der Waals surface area contributed by atoms with Crippen molar-refractivity contribution < 1.29 is 4.79 Å². The van der Waals surface area contributed by atoms with Crippen molar-refractivity contribution in [1.29, 1.82) is 0 Å². The third-order valence-electron chi connectivity index (χ3n) is 4.19. The first-order valence-electron chi connectivity index (χ1n) is 8.17. The molecule has 5 N–H and O–H groups in total. The molecular formula is C16H19Cl2N7O. The molecule has 0 radical (unpaired) electrons. The van der Waals surface area contributed by atoms with Crippen LogP contribution in [0.2, 0.25) is 10.0 Å². The number of hydrogen-bond donors (Lipinski definition) is 3. The van der Waals surface area contributed by atoms with E-state index in [-0.39, 0.29) is 17.6 Å². The van der Waals surface area contributed by atoms with Gasteiger partial charge in [0.25, 0.3) is 5.91 Å². The molecule has 2 aromatic rings. The zero-order chi connectivity index (χ0) is 18.7. The second-order valence-electron chi connectivity index (χ2n) is 6.09. The molecule has 138 valence electrons. The Morgan fingerprint density at radius 1 is 1.27 bits per heavy atom. The number of rotatable bonds is 5. The van der Waals surface area contributed by atoms with Crippen LogP contribution in [0.15, 0.2) is 18.2 Å². The molecule has 1 aromatic carbocycles. The average molecular weight is 396 g/mol. The number of carbonyl (C=O) groups excluding carboxylic acids is 1. The molecule has 0 unspecified atom stereocenters. The third kappa shape index (κ3) is 4.32. The summed E-state index contributed by atoms with van der Waals surface area (Å²) < 4.78 is 0. The molecule has 10 heteroatoms. The quantitative estimate of drug-likeness (QED) is 0.704. The maximum atomic E-state index is 11.6. The van der Waals surface area contributed by atoms with E-state index in [0.717, 1.165) is 31.5 Å². The maximum Gasteiger partial charge on any atom is 0.273 e. The Kier molecular flexibility index (Phi) is 5.75. The monoisotopic (exact) mass is 395 g/mol. The van der Waals surface area contributed by atoms with Gasteiger partial charge in [-0.05, 0) is 30.5 Å². The van der Waals surface area contributed by atoms with Crippen LogP contribution in [0.1, 0.15) is 28.9 Å². The molecule has 1 aliphatic heterocycles. The molecular weight excluding hydrogens is 377 g/mol. The van der Waals surface area contributed by atoms with Crippen LogP contribution in [0.5, 0.6) is 0 Å². The summed E-state index contributed by atoms with van der Waals surface area (Å²) in [7, 11) is 0. The van der Waals surface area contributed by atoms with Gasteiger partial charge in [-0.15, -0.1) is 10.2 Å². The lowest BCUT2D eigenvalue weighted by molar-refractivity contribution is 0.0995. The number of primary amides is 1. The van der Waals surface area contributed by atoms with Gasteiger partial charge in [-0.3, -0.25) is 4.79 Å². The molecule has 26 heavy (non-hydrogen) atoms. The van der Waals surface area contributed by atoms with Crippen LogP contribution >= 0.6 is 23.2 Å². The molecule has 1 aromatic heterocycles.